The monoisotopic (exact) mass is 191 g/mol. The first-order valence-corrected chi connectivity index (χ1v) is 4.84. The van der Waals surface area contributed by atoms with E-state index in [1.54, 1.807) is 12.1 Å². The number of piperidine rings is 1. The van der Waals surface area contributed by atoms with Crippen LogP contribution in [0.3, 0.4) is 0 Å². The molecule has 0 aliphatic carbocycles. The van der Waals surface area contributed by atoms with Gasteiger partial charge in [0.15, 0.2) is 0 Å². The fraction of sp³-hybridized carbons (Fsp3) is 0.364. The van der Waals surface area contributed by atoms with E-state index in [0.717, 1.165) is 18.4 Å². The van der Waals surface area contributed by atoms with Crippen LogP contribution in [0.2, 0.25) is 0 Å². The molecule has 1 aromatic rings. The molecule has 1 saturated heterocycles. The van der Waals surface area contributed by atoms with Gasteiger partial charge in [-0.1, -0.05) is 18.2 Å². The van der Waals surface area contributed by atoms with Crippen molar-refractivity contribution in [1.82, 2.24) is 5.32 Å². The zero-order valence-electron chi connectivity index (χ0n) is 7.86. The van der Waals surface area contributed by atoms with E-state index in [2.05, 4.69) is 5.32 Å². The fourth-order valence-corrected chi connectivity index (χ4v) is 1.82. The number of rotatable bonds is 1. The zero-order chi connectivity index (χ0) is 9.97. The maximum atomic E-state index is 11.2. The van der Waals surface area contributed by atoms with E-state index in [1.165, 1.54) is 0 Å². The smallest absolute Gasteiger partial charge is 0.220 e. The Hall–Kier alpha value is -1.51. The number of phenolic OH excluding ortho intramolecular Hbond substituents is 1. The standard InChI is InChI=1S/C11H13NO2/c13-10-6-2-1-4-8(10)9-5-3-7-11(14)12-9/h1-2,4,6,9,13H,3,5,7H2,(H,12,14). The molecule has 2 N–H and O–H groups in total. The number of phenols is 1. The topological polar surface area (TPSA) is 49.3 Å². The van der Waals surface area contributed by atoms with Crippen molar-refractivity contribution >= 4 is 5.91 Å². The number of hydrogen-bond donors (Lipinski definition) is 2. The molecule has 1 aliphatic heterocycles. The van der Waals surface area contributed by atoms with Gasteiger partial charge in [0.2, 0.25) is 5.91 Å². The third-order valence-electron chi connectivity index (χ3n) is 2.54. The predicted octanol–water partition coefficient (Wildman–Crippen LogP) is 1.73. The van der Waals surface area contributed by atoms with E-state index < -0.39 is 0 Å². The SMILES string of the molecule is O=C1CCCC(c2ccccc2O)N1. The third-order valence-corrected chi connectivity index (χ3v) is 2.54. The number of nitrogens with one attached hydrogen (secondary N) is 1. The normalized spacial score (nSPS) is 21.7. The second-order valence-electron chi connectivity index (χ2n) is 3.57. The largest absolute Gasteiger partial charge is 0.508 e. The molecule has 2 rings (SSSR count). The Labute approximate surface area is 82.8 Å². The van der Waals surface area contributed by atoms with E-state index in [-0.39, 0.29) is 17.7 Å². The molecule has 1 atom stereocenters. The Balaban J connectivity index is 2.22. The lowest BCUT2D eigenvalue weighted by Gasteiger charge is -2.24. The van der Waals surface area contributed by atoms with E-state index in [9.17, 15) is 9.90 Å². The Bertz CT molecular complexity index is 349. The van der Waals surface area contributed by atoms with E-state index >= 15 is 0 Å². The summed E-state index contributed by atoms with van der Waals surface area (Å²) in [7, 11) is 0. The molecule has 3 nitrogen and oxygen atoms in total. The van der Waals surface area contributed by atoms with Gasteiger partial charge in [-0.2, -0.15) is 0 Å². The molecule has 0 radical (unpaired) electrons. The molecular formula is C11H13NO2. The van der Waals surface area contributed by atoms with Crippen molar-refractivity contribution in [3.05, 3.63) is 29.8 Å². The Morgan fingerprint density at radius 1 is 1.36 bits per heavy atom. The highest BCUT2D eigenvalue weighted by Crippen LogP contribution is 2.29. The van der Waals surface area contributed by atoms with Crippen molar-refractivity contribution in [3.8, 4) is 5.75 Å². The lowest BCUT2D eigenvalue weighted by atomic mass is 9.96. The van der Waals surface area contributed by atoms with Crippen LogP contribution in [-0.2, 0) is 4.79 Å². The molecule has 1 unspecified atom stereocenters. The van der Waals surface area contributed by atoms with Crippen molar-refractivity contribution in [1.29, 1.82) is 0 Å². The lowest BCUT2D eigenvalue weighted by molar-refractivity contribution is -0.123. The third kappa shape index (κ3) is 1.71. The van der Waals surface area contributed by atoms with Gasteiger partial charge in [0.25, 0.3) is 0 Å². The molecule has 1 aliphatic rings. The minimum atomic E-state index is -0.0163. The highest BCUT2D eigenvalue weighted by molar-refractivity contribution is 5.77. The minimum Gasteiger partial charge on any atom is -0.508 e. The number of carbonyl (C=O) groups excluding carboxylic acids is 1. The number of amides is 1. The number of aromatic hydroxyl groups is 1. The first kappa shape index (κ1) is 9.06. The van der Waals surface area contributed by atoms with E-state index in [0.29, 0.717) is 6.42 Å². The highest BCUT2D eigenvalue weighted by Gasteiger charge is 2.21. The Kier molecular flexibility index (Phi) is 2.39. The van der Waals surface area contributed by atoms with Crippen LogP contribution in [-0.4, -0.2) is 11.0 Å². The summed E-state index contributed by atoms with van der Waals surface area (Å²) in [6, 6.07) is 7.14. The summed E-state index contributed by atoms with van der Waals surface area (Å²) in [5.74, 6) is 0.337. The van der Waals surface area contributed by atoms with Crippen LogP contribution < -0.4 is 5.32 Å². The highest BCUT2D eigenvalue weighted by atomic mass is 16.3. The van der Waals surface area contributed by atoms with Gasteiger partial charge in [0, 0.05) is 12.0 Å². The number of carbonyl (C=O) groups is 1. The van der Waals surface area contributed by atoms with Gasteiger partial charge >= 0.3 is 0 Å². The number of hydrogen-bond acceptors (Lipinski definition) is 2. The van der Waals surface area contributed by atoms with Gasteiger partial charge in [-0.25, -0.2) is 0 Å². The fourth-order valence-electron chi connectivity index (χ4n) is 1.82. The molecule has 0 spiro atoms. The Morgan fingerprint density at radius 2 is 2.14 bits per heavy atom. The first-order chi connectivity index (χ1) is 6.77. The summed E-state index contributed by atoms with van der Waals surface area (Å²) in [6.45, 7) is 0. The van der Waals surface area contributed by atoms with Crippen LogP contribution in [0.5, 0.6) is 5.75 Å². The van der Waals surface area contributed by atoms with Gasteiger partial charge in [0.05, 0.1) is 6.04 Å². The molecule has 1 fully saturated rings. The van der Waals surface area contributed by atoms with Crippen LogP contribution in [0, 0.1) is 0 Å². The molecule has 0 aromatic heterocycles. The van der Waals surface area contributed by atoms with Crippen LogP contribution in [0.1, 0.15) is 30.9 Å². The summed E-state index contributed by atoms with van der Waals surface area (Å²) in [6.07, 6.45) is 2.40. The van der Waals surface area contributed by atoms with Gasteiger partial charge < -0.3 is 10.4 Å². The lowest BCUT2D eigenvalue weighted by Crippen LogP contribution is -2.32. The van der Waals surface area contributed by atoms with Crippen molar-refractivity contribution in [3.63, 3.8) is 0 Å². The van der Waals surface area contributed by atoms with Crippen molar-refractivity contribution in [2.24, 2.45) is 0 Å². The van der Waals surface area contributed by atoms with Gasteiger partial charge in [0.1, 0.15) is 5.75 Å². The summed E-state index contributed by atoms with van der Waals surface area (Å²) in [5.41, 5.74) is 0.820. The van der Waals surface area contributed by atoms with Crippen LogP contribution in [0.15, 0.2) is 24.3 Å². The first-order valence-electron chi connectivity index (χ1n) is 4.84. The molecule has 0 bridgehead atoms. The van der Waals surface area contributed by atoms with E-state index in [1.807, 2.05) is 12.1 Å². The molecule has 0 saturated carbocycles. The van der Waals surface area contributed by atoms with Crippen LogP contribution in [0.4, 0.5) is 0 Å². The number of para-hydroxylation sites is 1. The number of benzene rings is 1. The quantitative estimate of drug-likeness (QED) is 0.710. The molecular weight excluding hydrogens is 178 g/mol. The van der Waals surface area contributed by atoms with Gasteiger partial charge in [-0.05, 0) is 18.9 Å². The second kappa shape index (κ2) is 3.70. The van der Waals surface area contributed by atoms with Crippen LogP contribution in [0.25, 0.3) is 0 Å². The van der Waals surface area contributed by atoms with Crippen molar-refractivity contribution in [2.75, 3.05) is 0 Å². The summed E-state index contributed by atoms with van der Waals surface area (Å²) in [5, 5.41) is 12.5. The zero-order valence-corrected chi connectivity index (χ0v) is 7.86. The summed E-state index contributed by atoms with van der Waals surface area (Å²) in [4.78, 5) is 11.2. The summed E-state index contributed by atoms with van der Waals surface area (Å²) >= 11 is 0. The van der Waals surface area contributed by atoms with Gasteiger partial charge in [-0.3, -0.25) is 4.79 Å². The predicted molar refractivity (Wildman–Crippen MR) is 52.8 cm³/mol. The minimum absolute atomic E-state index is 0.0163. The summed E-state index contributed by atoms with van der Waals surface area (Å²) < 4.78 is 0. The molecule has 1 aromatic carbocycles. The van der Waals surface area contributed by atoms with Gasteiger partial charge in [-0.15, -0.1) is 0 Å². The second-order valence-corrected chi connectivity index (χ2v) is 3.57. The van der Waals surface area contributed by atoms with Crippen molar-refractivity contribution < 1.29 is 9.90 Å². The molecule has 74 valence electrons. The molecule has 1 heterocycles. The van der Waals surface area contributed by atoms with Crippen LogP contribution >= 0.6 is 0 Å². The maximum Gasteiger partial charge on any atom is 0.220 e. The Morgan fingerprint density at radius 3 is 2.86 bits per heavy atom. The average Bonchev–Trinajstić information content (AvgIpc) is 2.18. The molecule has 14 heavy (non-hydrogen) atoms. The maximum absolute atomic E-state index is 11.2. The molecule has 1 amide bonds. The average molecular weight is 191 g/mol. The van der Waals surface area contributed by atoms with Crippen molar-refractivity contribution in [2.45, 2.75) is 25.3 Å². The van der Waals surface area contributed by atoms with E-state index in [4.69, 9.17) is 0 Å². The molecule has 3 heteroatoms.